The zero-order chi connectivity index (χ0) is 18.0. The van der Waals surface area contributed by atoms with Crippen LogP contribution in [0, 0.1) is 13.8 Å². The Morgan fingerprint density at radius 2 is 2.04 bits per heavy atom. The number of aryl methyl sites for hydroxylation is 2. The summed E-state index contributed by atoms with van der Waals surface area (Å²) in [5, 5.41) is 17.9. The minimum Gasteiger partial charge on any atom is -0.335 e. The average Bonchev–Trinajstić information content (AvgIpc) is 3.30. The zero-order valence-corrected chi connectivity index (χ0v) is 15.1. The molecule has 2 heterocycles. The maximum absolute atomic E-state index is 12.0. The van der Waals surface area contributed by atoms with E-state index < -0.39 is 11.3 Å². The van der Waals surface area contributed by atoms with Crippen LogP contribution in [0.25, 0.3) is 5.82 Å². The Morgan fingerprint density at radius 3 is 2.60 bits per heavy atom. The molecule has 1 saturated carbocycles. The lowest BCUT2D eigenvalue weighted by Gasteiger charge is -2.11. The number of carbonyl (C=O) groups is 2. The van der Waals surface area contributed by atoms with Crippen molar-refractivity contribution in [2.75, 3.05) is 0 Å². The first-order valence-corrected chi connectivity index (χ1v) is 8.95. The van der Waals surface area contributed by atoms with Gasteiger partial charge in [0, 0.05) is 11.7 Å². The first-order chi connectivity index (χ1) is 11.9. The third-order valence-corrected chi connectivity index (χ3v) is 4.70. The van der Waals surface area contributed by atoms with Crippen LogP contribution in [0.1, 0.15) is 31.2 Å². The summed E-state index contributed by atoms with van der Waals surface area (Å²) in [5.41, 5.74) is 1.88. The summed E-state index contributed by atoms with van der Waals surface area (Å²) < 4.78 is 1.72. The van der Waals surface area contributed by atoms with Crippen molar-refractivity contribution in [2.24, 2.45) is 0 Å². The molecular weight excluding hydrogens is 340 g/mol. The molecule has 25 heavy (non-hydrogen) atoms. The lowest BCUT2D eigenvalue weighted by atomic mass is 10.4. The molecule has 8 nitrogen and oxygen atoms in total. The van der Waals surface area contributed by atoms with Gasteiger partial charge in [0.25, 0.3) is 0 Å². The minimum absolute atomic E-state index is 0.212. The van der Waals surface area contributed by atoms with E-state index in [2.05, 4.69) is 25.9 Å². The third kappa shape index (κ3) is 4.56. The SMILES string of the molecule is Cc1cc(C)n(-c2ccc(S[C@@H](C)C(=O)NC(=O)NC3CC3)nn2)n1. The number of hydrogen-bond donors (Lipinski definition) is 2. The van der Waals surface area contributed by atoms with Crippen molar-refractivity contribution in [1.29, 1.82) is 0 Å². The molecule has 0 saturated heterocycles. The van der Waals surface area contributed by atoms with Crippen molar-refractivity contribution in [3.63, 3.8) is 0 Å². The van der Waals surface area contributed by atoms with Gasteiger partial charge in [0.1, 0.15) is 5.03 Å². The normalized spacial score (nSPS) is 14.8. The van der Waals surface area contributed by atoms with Crippen LogP contribution in [0.4, 0.5) is 4.79 Å². The van der Waals surface area contributed by atoms with Gasteiger partial charge in [-0.1, -0.05) is 11.8 Å². The minimum atomic E-state index is -0.459. The lowest BCUT2D eigenvalue weighted by Crippen LogP contribution is -2.43. The summed E-state index contributed by atoms with van der Waals surface area (Å²) in [5.74, 6) is 0.267. The Labute approximate surface area is 149 Å². The van der Waals surface area contributed by atoms with Gasteiger partial charge in [-0.05, 0) is 51.8 Å². The predicted octanol–water partition coefficient (Wildman–Crippen LogP) is 1.75. The molecule has 0 aromatic carbocycles. The Bertz CT molecular complexity index is 784. The highest BCUT2D eigenvalue weighted by Gasteiger charge is 2.25. The van der Waals surface area contributed by atoms with Crippen molar-refractivity contribution in [2.45, 2.75) is 49.9 Å². The number of hydrogen-bond acceptors (Lipinski definition) is 6. The van der Waals surface area contributed by atoms with Crippen LogP contribution in [0.3, 0.4) is 0 Å². The van der Waals surface area contributed by atoms with Crippen LogP contribution in [-0.2, 0) is 4.79 Å². The Hall–Kier alpha value is -2.42. The predicted molar refractivity (Wildman–Crippen MR) is 93.6 cm³/mol. The average molecular weight is 360 g/mol. The molecular formula is C16H20N6O2S. The van der Waals surface area contributed by atoms with Gasteiger partial charge in [0.05, 0.1) is 10.9 Å². The molecule has 2 aromatic heterocycles. The van der Waals surface area contributed by atoms with Gasteiger partial charge in [-0.15, -0.1) is 10.2 Å². The molecule has 9 heteroatoms. The van der Waals surface area contributed by atoms with E-state index in [1.54, 1.807) is 23.7 Å². The second-order valence-corrected chi connectivity index (χ2v) is 7.43. The van der Waals surface area contributed by atoms with E-state index in [-0.39, 0.29) is 11.9 Å². The van der Waals surface area contributed by atoms with E-state index in [0.29, 0.717) is 10.8 Å². The Morgan fingerprint density at radius 1 is 1.28 bits per heavy atom. The Kier molecular flexibility index (Phi) is 5.03. The van der Waals surface area contributed by atoms with Crippen molar-refractivity contribution in [3.05, 3.63) is 29.6 Å². The third-order valence-electron chi connectivity index (χ3n) is 3.67. The second kappa shape index (κ2) is 7.22. The highest BCUT2D eigenvalue weighted by molar-refractivity contribution is 8.00. The van der Waals surface area contributed by atoms with E-state index >= 15 is 0 Å². The smallest absolute Gasteiger partial charge is 0.321 e. The quantitative estimate of drug-likeness (QED) is 0.788. The van der Waals surface area contributed by atoms with Gasteiger partial charge < -0.3 is 5.32 Å². The van der Waals surface area contributed by atoms with Gasteiger partial charge in [-0.2, -0.15) is 5.10 Å². The number of thioether (sulfide) groups is 1. The van der Waals surface area contributed by atoms with Gasteiger partial charge in [-0.25, -0.2) is 9.48 Å². The molecule has 0 radical (unpaired) electrons. The molecule has 1 atom stereocenters. The number of amides is 3. The number of nitrogens with zero attached hydrogens (tertiary/aromatic N) is 4. The molecule has 1 fully saturated rings. The summed E-state index contributed by atoms with van der Waals surface area (Å²) in [7, 11) is 0. The highest BCUT2D eigenvalue weighted by atomic mass is 32.2. The largest absolute Gasteiger partial charge is 0.335 e. The molecule has 132 valence electrons. The number of imide groups is 1. The fourth-order valence-electron chi connectivity index (χ4n) is 2.25. The van der Waals surface area contributed by atoms with E-state index in [1.165, 1.54) is 11.8 Å². The number of carbonyl (C=O) groups excluding carboxylic acids is 2. The van der Waals surface area contributed by atoms with Gasteiger partial charge >= 0.3 is 6.03 Å². The number of nitrogens with one attached hydrogen (secondary N) is 2. The topological polar surface area (TPSA) is 102 Å². The molecule has 2 N–H and O–H groups in total. The van der Waals surface area contributed by atoms with Crippen LogP contribution in [0.15, 0.2) is 23.2 Å². The van der Waals surface area contributed by atoms with Crippen LogP contribution >= 0.6 is 11.8 Å². The van der Waals surface area contributed by atoms with Crippen LogP contribution in [0.2, 0.25) is 0 Å². The molecule has 0 spiro atoms. The molecule has 0 bridgehead atoms. The monoisotopic (exact) mass is 360 g/mol. The maximum Gasteiger partial charge on any atom is 0.321 e. The molecule has 3 rings (SSSR count). The zero-order valence-electron chi connectivity index (χ0n) is 14.3. The van der Waals surface area contributed by atoms with Gasteiger partial charge in [-0.3, -0.25) is 10.1 Å². The first-order valence-electron chi connectivity index (χ1n) is 8.08. The van der Waals surface area contributed by atoms with E-state index in [4.69, 9.17) is 0 Å². The molecule has 2 aromatic rings. The summed E-state index contributed by atoms with van der Waals surface area (Å²) in [6.45, 7) is 5.59. The number of urea groups is 1. The molecule has 1 aliphatic rings. The second-order valence-electron chi connectivity index (χ2n) is 6.07. The fourth-order valence-corrected chi connectivity index (χ4v) is 3.01. The maximum atomic E-state index is 12.0. The molecule has 1 aliphatic carbocycles. The summed E-state index contributed by atoms with van der Waals surface area (Å²) in [4.78, 5) is 23.6. The van der Waals surface area contributed by atoms with Crippen LogP contribution in [-0.4, -0.2) is 43.2 Å². The van der Waals surface area contributed by atoms with Crippen LogP contribution < -0.4 is 10.6 Å². The van der Waals surface area contributed by atoms with Gasteiger partial charge in [0.2, 0.25) is 5.91 Å². The number of rotatable bonds is 5. The standard InChI is InChI=1S/C16H20N6O2S/c1-9-8-10(2)22(21-9)13-6-7-14(20-19-13)25-11(3)15(23)18-16(24)17-12-4-5-12/h6-8,11-12H,4-5H2,1-3H3,(H2,17,18,23,24)/t11-/m0/s1. The van der Waals surface area contributed by atoms with Crippen molar-refractivity contribution in [3.8, 4) is 5.82 Å². The molecule has 3 amide bonds. The molecule has 0 aliphatic heterocycles. The molecule has 0 unspecified atom stereocenters. The van der Waals surface area contributed by atoms with E-state index in [9.17, 15) is 9.59 Å². The van der Waals surface area contributed by atoms with Crippen LogP contribution in [0.5, 0.6) is 0 Å². The fraction of sp³-hybridized carbons (Fsp3) is 0.438. The lowest BCUT2D eigenvalue weighted by molar-refractivity contribution is -0.119. The summed E-state index contributed by atoms with van der Waals surface area (Å²) >= 11 is 1.25. The van der Waals surface area contributed by atoms with E-state index in [0.717, 1.165) is 24.2 Å². The summed E-state index contributed by atoms with van der Waals surface area (Å²) in [6.07, 6.45) is 1.95. The van der Waals surface area contributed by atoms with Crippen molar-refractivity contribution < 1.29 is 9.59 Å². The van der Waals surface area contributed by atoms with Crippen molar-refractivity contribution in [1.82, 2.24) is 30.6 Å². The number of aromatic nitrogens is 4. The Balaban J connectivity index is 1.57. The van der Waals surface area contributed by atoms with Gasteiger partial charge in [0.15, 0.2) is 5.82 Å². The van der Waals surface area contributed by atoms with Crippen molar-refractivity contribution >= 4 is 23.7 Å². The first kappa shape index (κ1) is 17.4. The summed E-state index contributed by atoms with van der Waals surface area (Å²) in [6, 6.07) is 5.33. The van der Waals surface area contributed by atoms with E-state index in [1.807, 2.05) is 19.9 Å². The highest BCUT2D eigenvalue weighted by Crippen LogP contribution is 2.22.